The Balaban J connectivity index is 2.56. The van der Waals surface area contributed by atoms with Crippen molar-refractivity contribution >= 4 is 34.3 Å². The quantitative estimate of drug-likeness (QED) is 0.734. The van der Waals surface area contributed by atoms with E-state index in [1.165, 1.54) is 0 Å². The maximum atomic E-state index is 11.6. The Hall–Kier alpha value is -1.96. The highest BCUT2D eigenvalue weighted by molar-refractivity contribution is 7.17. The Kier molecular flexibility index (Phi) is 6.10. The molecule has 1 aromatic heterocycles. The van der Waals surface area contributed by atoms with Gasteiger partial charge in [0, 0.05) is 12.4 Å². The number of nitrogens with zero attached hydrogens (tertiary/aromatic N) is 1. The Morgan fingerprint density at radius 3 is 2.65 bits per heavy atom. The molecular formula is C12H15N2O5S-. The maximum absolute atomic E-state index is 11.6. The highest BCUT2D eigenvalue weighted by Crippen LogP contribution is 2.23. The number of rotatable bonds is 7. The minimum Gasteiger partial charge on any atom is -0.550 e. The second kappa shape index (κ2) is 7.59. The van der Waals surface area contributed by atoms with Gasteiger partial charge in [-0.3, -0.25) is 4.79 Å². The molecule has 0 aliphatic rings. The molecule has 0 fully saturated rings. The van der Waals surface area contributed by atoms with Crippen LogP contribution in [-0.4, -0.2) is 29.4 Å². The molecule has 110 valence electrons. The van der Waals surface area contributed by atoms with Crippen molar-refractivity contribution < 1.29 is 24.2 Å². The van der Waals surface area contributed by atoms with Gasteiger partial charge in [0.15, 0.2) is 5.13 Å². The smallest absolute Gasteiger partial charge is 0.350 e. The SMILES string of the molecule is CCOC(=O)c1sc(NC(=O)CCCC(=O)[O-])nc1C. The number of carbonyl (C=O) groups is 3. The molecule has 0 saturated carbocycles. The minimum atomic E-state index is -1.19. The molecule has 8 heteroatoms. The molecule has 0 spiro atoms. The summed E-state index contributed by atoms with van der Waals surface area (Å²) in [6.07, 6.45) is 0.0863. The number of ether oxygens (including phenoxy) is 1. The fraction of sp³-hybridized carbons (Fsp3) is 0.500. The van der Waals surface area contributed by atoms with Crippen molar-refractivity contribution in [2.24, 2.45) is 0 Å². The zero-order valence-electron chi connectivity index (χ0n) is 11.2. The number of amides is 1. The lowest BCUT2D eigenvalue weighted by Gasteiger charge is -2.02. The van der Waals surface area contributed by atoms with Crippen molar-refractivity contribution in [1.82, 2.24) is 4.98 Å². The Morgan fingerprint density at radius 2 is 2.05 bits per heavy atom. The van der Waals surface area contributed by atoms with E-state index in [0.717, 1.165) is 11.3 Å². The highest BCUT2D eigenvalue weighted by Gasteiger charge is 2.17. The van der Waals surface area contributed by atoms with Gasteiger partial charge in [-0.25, -0.2) is 9.78 Å². The van der Waals surface area contributed by atoms with E-state index in [1.54, 1.807) is 13.8 Å². The molecule has 1 aromatic rings. The Bertz CT molecular complexity index is 512. The topological polar surface area (TPSA) is 108 Å². The number of thiazole rings is 1. The van der Waals surface area contributed by atoms with E-state index in [-0.39, 0.29) is 31.8 Å². The Labute approximate surface area is 120 Å². The number of hydrogen-bond donors (Lipinski definition) is 1. The largest absolute Gasteiger partial charge is 0.550 e. The molecular weight excluding hydrogens is 284 g/mol. The summed E-state index contributed by atoms with van der Waals surface area (Å²) in [6, 6.07) is 0. The molecule has 0 radical (unpaired) electrons. The maximum Gasteiger partial charge on any atom is 0.350 e. The third-order valence-corrected chi connectivity index (χ3v) is 3.34. The van der Waals surface area contributed by atoms with Gasteiger partial charge in [-0.05, 0) is 26.7 Å². The van der Waals surface area contributed by atoms with Gasteiger partial charge in [0.2, 0.25) is 5.91 Å². The minimum absolute atomic E-state index is 0.0569. The molecule has 0 unspecified atom stereocenters. The van der Waals surface area contributed by atoms with Crippen LogP contribution in [0.4, 0.5) is 5.13 Å². The first-order chi connectivity index (χ1) is 9.43. The van der Waals surface area contributed by atoms with E-state index in [4.69, 9.17) is 4.74 Å². The fourth-order valence-corrected chi connectivity index (χ4v) is 2.29. The molecule has 20 heavy (non-hydrogen) atoms. The van der Waals surface area contributed by atoms with E-state index in [9.17, 15) is 19.5 Å². The van der Waals surface area contributed by atoms with Crippen molar-refractivity contribution in [1.29, 1.82) is 0 Å². The number of aromatic nitrogens is 1. The number of carboxylic acid groups (broad SMARTS) is 1. The summed E-state index contributed by atoms with van der Waals surface area (Å²) in [5.41, 5.74) is 0.485. The molecule has 0 aliphatic carbocycles. The molecule has 1 rings (SSSR count). The van der Waals surface area contributed by atoms with Crippen LogP contribution in [0.2, 0.25) is 0 Å². The van der Waals surface area contributed by atoms with Crippen LogP contribution in [0.15, 0.2) is 0 Å². The number of anilines is 1. The molecule has 1 amide bonds. The van der Waals surface area contributed by atoms with Crippen LogP contribution in [-0.2, 0) is 14.3 Å². The molecule has 7 nitrogen and oxygen atoms in total. The van der Waals surface area contributed by atoms with Crippen molar-refractivity contribution in [2.45, 2.75) is 33.1 Å². The van der Waals surface area contributed by atoms with Crippen LogP contribution in [0.3, 0.4) is 0 Å². The van der Waals surface area contributed by atoms with Gasteiger partial charge >= 0.3 is 5.97 Å². The standard InChI is InChI=1S/C12H16N2O5S/c1-3-19-11(18)10-7(2)13-12(20-10)14-8(15)5-4-6-9(16)17/h3-6H2,1-2H3,(H,16,17)(H,13,14,15)/p-1. The normalized spacial score (nSPS) is 10.1. The van der Waals surface area contributed by atoms with E-state index >= 15 is 0 Å². The van der Waals surface area contributed by atoms with Crippen molar-refractivity contribution in [2.75, 3.05) is 11.9 Å². The summed E-state index contributed by atoms with van der Waals surface area (Å²) in [4.78, 5) is 37.7. The monoisotopic (exact) mass is 299 g/mol. The van der Waals surface area contributed by atoms with E-state index in [2.05, 4.69) is 10.3 Å². The van der Waals surface area contributed by atoms with Crippen LogP contribution in [0, 0.1) is 6.92 Å². The van der Waals surface area contributed by atoms with Crippen molar-refractivity contribution in [3.63, 3.8) is 0 Å². The summed E-state index contributed by atoms with van der Waals surface area (Å²) in [5.74, 6) is -2.01. The average Bonchev–Trinajstić information content (AvgIpc) is 2.70. The van der Waals surface area contributed by atoms with Crippen LogP contribution in [0.1, 0.15) is 41.6 Å². The second-order valence-corrected chi connectivity index (χ2v) is 4.93. The predicted molar refractivity (Wildman–Crippen MR) is 70.3 cm³/mol. The average molecular weight is 299 g/mol. The summed E-state index contributed by atoms with van der Waals surface area (Å²) in [6.45, 7) is 3.61. The van der Waals surface area contributed by atoms with Crippen molar-refractivity contribution in [3.05, 3.63) is 10.6 Å². The van der Waals surface area contributed by atoms with E-state index in [1.807, 2.05) is 0 Å². The van der Waals surface area contributed by atoms with Gasteiger partial charge in [-0.2, -0.15) is 0 Å². The lowest BCUT2D eigenvalue weighted by Crippen LogP contribution is -2.22. The first-order valence-corrected chi connectivity index (χ1v) is 6.90. The van der Waals surface area contributed by atoms with Gasteiger partial charge in [0.05, 0.1) is 12.3 Å². The number of hydrogen-bond acceptors (Lipinski definition) is 7. The van der Waals surface area contributed by atoms with Gasteiger partial charge < -0.3 is 20.0 Å². The number of aryl methyl sites for hydroxylation is 1. The molecule has 1 N–H and O–H groups in total. The van der Waals surface area contributed by atoms with Gasteiger partial charge in [-0.15, -0.1) is 0 Å². The molecule has 1 heterocycles. The van der Waals surface area contributed by atoms with E-state index in [0.29, 0.717) is 15.7 Å². The van der Waals surface area contributed by atoms with Crippen LogP contribution < -0.4 is 10.4 Å². The number of nitrogens with one attached hydrogen (secondary N) is 1. The van der Waals surface area contributed by atoms with Gasteiger partial charge in [0.25, 0.3) is 0 Å². The molecule has 0 bridgehead atoms. The number of esters is 1. The lowest BCUT2D eigenvalue weighted by molar-refractivity contribution is -0.305. The number of carboxylic acids is 1. The summed E-state index contributed by atoms with van der Waals surface area (Å²) < 4.78 is 4.86. The molecule has 0 aromatic carbocycles. The predicted octanol–water partition coefficient (Wildman–Crippen LogP) is 0.487. The Morgan fingerprint density at radius 1 is 1.35 bits per heavy atom. The number of carbonyl (C=O) groups excluding carboxylic acids is 3. The summed E-state index contributed by atoms with van der Waals surface area (Å²) in [5, 5.41) is 13.0. The summed E-state index contributed by atoms with van der Waals surface area (Å²) >= 11 is 1.03. The van der Waals surface area contributed by atoms with Crippen LogP contribution in [0.5, 0.6) is 0 Å². The van der Waals surface area contributed by atoms with Crippen LogP contribution in [0.25, 0.3) is 0 Å². The third kappa shape index (κ3) is 4.96. The first-order valence-electron chi connectivity index (χ1n) is 6.08. The lowest BCUT2D eigenvalue weighted by atomic mass is 10.2. The highest BCUT2D eigenvalue weighted by atomic mass is 32.1. The fourth-order valence-electron chi connectivity index (χ4n) is 1.41. The third-order valence-electron chi connectivity index (χ3n) is 2.29. The summed E-state index contributed by atoms with van der Waals surface area (Å²) in [7, 11) is 0. The van der Waals surface area contributed by atoms with E-state index < -0.39 is 11.9 Å². The first kappa shape index (κ1) is 16.1. The zero-order chi connectivity index (χ0) is 15.1. The molecule has 0 saturated heterocycles. The second-order valence-electron chi connectivity index (χ2n) is 3.93. The van der Waals surface area contributed by atoms with Crippen LogP contribution >= 0.6 is 11.3 Å². The van der Waals surface area contributed by atoms with Gasteiger partial charge in [0.1, 0.15) is 4.88 Å². The number of aliphatic carboxylic acids is 1. The zero-order valence-corrected chi connectivity index (χ0v) is 12.0. The van der Waals surface area contributed by atoms with Gasteiger partial charge in [-0.1, -0.05) is 11.3 Å². The molecule has 0 aliphatic heterocycles. The molecule has 0 atom stereocenters. The van der Waals surface area contributed by atoms with Crippen molar-refractivity contribution in [3.8, 4) is 0 Å².